The summed E-state index contributed by atoms with van der Waals surface area (Å²) in [6.07, 6.45) is 2.76. The molecule has 2 saturated carbocycles. The highest BCUT2D eigenvalue weighted by molar-refractivity contribution is 5.78. The van der Waals surface area contributed by atoms with Crippen molar-refractivity contribution in [1.82, 2.24) is 0 Å². The second-order valence-electron chi connectivity index (χ2n) is 7.58. The van der Waals surface area contributed by atoms with Crippen molar-refractivity contribution >= 4 is 5.97 Å². The molecule has 0 aromatic heterocycles. The maximum Gasteiger partial charge on any atom is 0.465 e. The second kappa shape index (κ2) is 8.21. The summed E-state index contributed by atoms with van der Waals surface area (Å²) in [4.78, 5) is 11.2. The molecule has 2 fully saturated rings. The van der Waals surface area contributed by atoms with Gasteiger partial charge in [-0.1, -0.05) is 32.6 Å². The van der Waals surface area contributed by atoms with Gasteiger partial charge < -0.3 is 4.74 Å². The van der Waals surface area contributed by atoms with Crippen LogP contribution in [0.2, 0.25) is 0 Å². The van der Waals surface area contributed by atoms with E-state index in [0.29, 0.717) is 24.7 Å². The highest BCUT2D eigenvalue weighted by Gasteiger charge is 2.65. The Balaban J connectivity index is 1.76. The van der Waals surface area contributed by atoms with Gasteiger partial charge in [-0.05, 0) is 56.3 Å². The Morgan fingerprint density at radius 3 is 1.80 bits per heavy atom. The minimum atomic E-state index is -5.90. The normalized spacial score (nSPS) is 31.6. The van der Waals surface area contributed by atoms with E-state index in [2.05, 4.69) is 11.7 Å². The Labute approximate surface area is 145 Å². The van der Waals surface area contributed by atoms with Gasteiger partial charge >= 0.3 is 18.1 Å². The largest absolute Gasteiger partial charge is 0.465 e. The van der Waals surface area contributed by atoms with E-state index in [1.165, 1.54) is 38.5 Å². The van der Waals surface area contributed by atoms with Crippen LogP contribution in [0.3, 0.4) is 0 Å². The predicted octanol–water partition coefficient (Wildman–Crippen LogP) is 5.89. The number of ether oxygens (including phenoxy) is 1. The van der Waals surface area contributed by atoms with Crippen molar-refractivity contribution in [3.05, 3.63) is 0 Å². The zero-order valence-corrected chi connectivity index (χ0v) is 14.6. The van der Waals surface area contributed by atoms with Crippen molar-refractivity contribution in [2.45, 2.75) is 89.3 Å². The number of alkyl halides is 5. The SMILES string of the molecule is CCCC1CCC(C2CCC(OC(=O)C(F)(F)C(F)(F)F)CC2)CC1. The molecule has 0 saturated heterocycles. The van der Waals surface area contributed by atoms with Crippen LogP contribution in [-0.2, 0) is 9.53 Å². The van der Waals surface area contributed by atoms with E-state index in [1.807, 2.05) is 0 Å². The van der Waals surface area contributed by atoms with Crippen molar-refractivity contribution in [3.8, 4) is 0 Å². The second-order valence-corrected chi connectivity index (χ2v) is 7.58. The first-order valence-corrected chi connectivity index (χ1v) is 9.30. The molecule has 0 aromatic rings. The molecule has 0 bridgehead atoms. The molecule has 7 heteroatoms. The Bertz CT molecular complexity index is 433. The summed E-state index contributed by atoms with van der Waals surface area (Å²) in [5, 5.41) is 0. The topological polar surface area (TPSA) is 26.3 Å². The quantitative estimate of drug-likeness (QED) is 0.445. The summed E-state index contributed by atoms with van der Waals surface area (Å²) in [7, 11) is 0. The van der Waals surface area contributed by atoms with Gasteiger partial charge in [0.15, 0.2) is 0 Å². The van der Waals surface area contributed by atoms with Gasteiger partial charge in [0.2, 0.25) is 0 Å². The van der Waals surface area contributed by atoms with Crippen LogP contribution in [0.4, 0.5) is 22.0 Å². The molecule has 0 N–H and O–H groups in total. The summed E-state index contributed by atoms with van der Waals surface area (Å²) in [6.45, 7) is 2.19. The van der Waals surface area contributed by atoms with Gasteiger partial charge in [0.1, 0.15) is 6.10 Å². The number of halogens is 5. The number of esters is 1. The molecule has 2 aliphatic carbocycles. The van der Waals surface area contributed by atoms with E-state index in [9.17, 15) is 26.7 Å². The summed E-state index contributed by atoms with van der Waals surface area (Å²) in [5.41, 5.74) is 0. The van der Waals surface area contributed by atoms with Gasteiger partial charge in [-0.3, -0.25) is 0 Å². The van der Waals surface area contributed by atoms with Crippen LogP contribution < -0.4 is 0 Å². The van der Waals surface area contributed by atoms with Crippen LogP contribution in [0, 0.1) is 17.8 Å². The van der Waals surface area contributed by atoms with E-state index < -0.39 is 24.2 Å². The first kappa shape index (κ1) is 20.4. The monoisotopic (exact) mass is 370 g/mol. The number of hydrogen-bond acceptors (Lipinski definition) is 2. The molecule has 0 unspecified atom stereocenters. The van der Waals surface area contributed by atoms with Crippen molar-refractivity contribution in [3.63, 3.8) is 0 Å². The first-order chi connectivity index (χ1) is 11.6. The fourth-order valence-electron chi connectivity index (χ4n) is 4.38. The maximum atomic E-state index is 12.9. The predicted molar refractivity (Wildman–Crippen MR) is 83.2 cm³/mol. The van der Waals surface area contributed by atoms with Crippen molar-refractivity contribution < 1.29 is 31.5 Å². The molecule has 0 aromatic carbocycles. The molecule has 0 atom stereocenters. The van der Waals surface area contributed by atoms with Gasteiger partial charge in [0, 0.05) is 0 Å². The summed E-state index contributed by atoms with van der Waals surface area (Å²) in [6, 6.07) is 0. The van der Waals surface area contributed by atoms with E-state index in [4.69, 9.17) is 0 Å². The summed E-state index contributed by atoms with van der Waals surface area (Å²) in [5.74, 6) is -6.00. The third-order valence-corrected chi connectivity index (χ3v) is 5.86. The molecule has 0 amide bonds. The third-order valence-electron chi connectivity index (χ3n) is 5.86. The Kier molecular flexibility index (Phi) is 6.71. The van der Waals surface area contributed by atoms with E-state index in [-0.39, 0.29) is 0 Å². The molecule has 2 rings (SSSR count). The lowest BCUT2D eigenvalue weighted by molar-refractivity contribution is -0.282. The molecule has 146 valence electrons. The molecule has 0 heterocycles. The molecular formula is C18H27F5O2. The minimum absolute atomic E-state index is 0.374. The zero-order chi connectivity index (χ0) is 18.7. The van der Waals surface area contributed by atoms with Crippen molar-refractivity contribution in [2.24, 2.45) is 17.8 Å². The van der Waals surface area contributed by atoms with Gasteiger partial charge in [0.05, 0.1) is 0 Å². The van der Waals surface area contributed by atoms with Crippen LogP contribution in [-0.4, -0.2) is 24.2 Å². The fraction of sp³-hybridized carbons (Fsp3) is 0.944. The molecular weight excluding hydrogens is 343 g/mol. The number of carbonyl (C=O) groups excluding carboxylic acids is 1. The molecule has 25 heavy (non-hydrogen) atoms. The Morgan fingerprint density at radius 2 is 1.36 bits per heavy atom. The van der Waals surface area contributed by atoms with E-state index >= 15 is 0 Å². The van der Waals surface area contributed by atoms with E-state index in [1.54, 1.807) is 0 Å². The van der Waals surface area contributed by atoms with Crippen molar-refractivity contribution in [1.29, 1.82) is 0 Å². The van der Waals surface area contributed by atoms with Crippen LogP contribution in [0.1, 0.15) is 71.1 Å². The van der Waals surface area contributed by atoms with Gasteiger partial charge in [0.25, 0.3) is 0 Å². The number of carbonyl (C=O) groups is 1. The molecule has 0 aliphatic heterocycles. The standard InChI is InChI=1S/C18H27F5O2/c1-2-3-12-4-6-13(7-5-12)14-8-10-15(11-9-14)25-16(24)17(19,20)18(21,22)23/h12-15H,2-11H2,1H3. The van der Waals surface area contributed by atoms with Crippen LogP contribution in [0.25, 0.3) is 0 Å². The summed E-state index contributed by atoms with van der Waals surface area (Å²) < 4.78 is 66.9. The number of rotatable bonds is 5. The average Bonchev–Trinajstić information content (AvgIpc) is 2.55. The maximum absolute atomic E-state index is 12.9. The molecule has 0 spiro atoms. The van der Waals surface area contributed by atoms with Gasteiger partial charge in [-0.25, -0.2) is 4.79 Å². The lowest BCUT2D eigenvalue weighted by Crippen LogP contribution is -2.46. The summed E-state index contributed by atoms with van der Waals surface area (Å²) >= 11 is 0. The zero-order valence-electron chi connectivity index (χ0n) is 14.6. The first-order valence-electron chi connectivity index (χ1n) is 9.30. The average molecular weight is 370 g/mol. The molecule has 2 nitrogen and oxygen atoms in total. The van der Waals surface area contributed by atoms with Crippen LogP contribution in [0.5, 0.6) is 0 Å². The van der Waals surface area contributed by atoms with Gasteiger partial charge in [-0.15, -0.1) is 0 Å². The van der Waals surface area contributed by atoms with Crippen molar-refractivity contribution in [2.75, 3.05) is 0 Å². The number of hydrogen-bond donors (Lipinski definition) is 0. The van der Waals surface area contributed by atoms with E-state index in [0.717, 1.165) is 18.8 Å². The van der Waals surface area contributed by atoms with Crippen LogP contribution in [0.15, 0.2) is 0 Å². The lowest BCUT2D eigenvalue weighted by atomic mass is 9.70. The highest BCUT2D eigenvalue weighted by Crippen LogP contribution is 2.42. The third kappa shape index (κ3) is 5.07. The minimum Gasteiger partial charge on any atom is -0.458 e. The lowest BCUT2D eigenvalue weighted by Gasteiger charge is -2.37. The molecule has 0 radical (unpaired) electrons. The Morgan fingerprint density at radius 1 is 0.880 bits per heavy atom. The Hall–Kier alpha value is -0.880. The highest BCUT2D eigenvalue weighted by atomic mass is 19.4. The molecule has 2 aliphatic rings. The van der Waals surface area contributed by atoms with Gasteiger partial charge in [-0.2, -0.15) is 22.0 Å². The smallest absolute Gasteiger partial charge is 0.458 e. The fourth-order valence-corrected chi connectivity index (χ4v) is 4.38. The van der Waals surface area contributed by atoms with Crippen LogP contribution >= 0.6 is 0 Å².